The SMILES string of the molecule is [Fe+3].[N-]=C=S.[N-]=C=S.c1ccc(CN(Cc2ccccn2)Cc2ccccn2)nc1. The number of aromatic nitrogens is 3. The quantitative estimate of drug-likeness (QED) is 0.307. The van der Waals surface area contributed by atoms with Crippen molar-refractivity contribution in [2.45, 2.75) is 19.6 Å². The molecule has 0 aliphatic rings. The zero-order valence-electron chi connectivity index (χ0n) is 15.4. The minimum atomic E-state index is 0. The standard InChI is InChI=1S/C18H18N4.2CNS.Fe/c1-4-10-19-16(7-1)13-22(14-17-8-2-5-11-20-17)15-18-9-3-6-12-21-18;2*2-1-3;/h1-12H,13-15H2;;;/q;2*-1;+3. The topological polar surface area (TPSA) is 86.5 Å². The smallest absolute Gasteiger partial charge is 0.753 e. The van der Waals surface area contributed by atoms with Crippen LogP contribution in [0, 0.1) is 0 Å². The van der Waals surface area contributed by atoms with E-state index in [0.717, 1.165) is 36.7 Å². The van der Waals surface area contributed by atoms with Crippen molar-refractivity contribution in [3.05, 3.63) is 101 Å². The molecule has 0 amide bonds. The molecule has 0 spiro atoms. The summed E-state index contributed by atoms with van der Waals surface area (Å²) >= 11 is 7.40. The van der Waals surface area contributed by atoms with Gasteiger partial charge in [-0.2, -0.15) is 10.3 Å². The fourth-order valence-corrected chi connectivity index (χ4v) is 2.33. The summed E-state index contributed by atoms with van der Waals surface area (Å²) < 4.78 is 0. The number of rotatable bonds is 6. The first-order valence-electron chi connectivity index (χ1n) is 8.18. The van der Waals surface area contributed by atoms with Crippen LogP contribution in [0.25, 0.3) is 10.8 Å². The van der Waals surface area contributed by atoms with Gasteiger partial charge >= 0.3 is 17.1 Å². The van der Waals surface area contributed by atoms with E-state index in [4.69, 9.17) is 10.8 Å². The van der Waals surface area contributed by atoms with Crippen LogP contribution in [-0.2, 0) is 36.7 Å². The van der Waals surface area contributed by atoms with Crippen molar-refractivity contribution in [3.63, 3.8) is 0 Å². The third-order valence-corrected chi connectivity index (χ3v) is 3.34. The van der Waals surface area contributed by atoms with Crippen molar-refractivity contribution in [1.29, 1.82) is 0 Å². The Bertz CT molecular complexity index is 743. The Kier molecular flexibility index (Phi) is 16.1. The Hall–Kier alpha value is -2.47. The average Bonchev–Trinajstić information content (AvgIpc) is 2.71. The Morgan fingerprint density at radius 1 is 0.655 bits per heavy atom. The molecule has 0 aliphatic heterocycles. The molecule has 0 saturated carbocycles. The van der Waals surface area contributed by atoms with Gasteiger partial charge in [-0.1, -0.05) is 42.6 Å². The van der Waals surface area contributed by atoms with Crippen LogP contribution in [0.5, 0.6) is 0 Å². The van der Waals surface area contributed by atoms with Gasteiger partial charge in [0.25, 0.3) is 0 Å². The molecule has 29 heavy (non-hydrogen) atoms. The summed E-state index contributed by atoms with van der Waals surface area (Å²) in [6, 6.07) is 18.0. The molecule has 0 unspecified atom stereocenters. The summed E-state index contributed by atoms with van der Waals surface area (Å²) in [7, 11) is 0. The van der Waals surface area contributed by atoms with Gasteiger partial charge in [0.05, 0.1) is 17.1 Å². The van der Waals surface area contributed by atoms with Gasteiger partial charge in [0.1, 0.15) is 0 Å². The van der Waals surface area contributed by atoms with Crippen molar-refractivity contribution in [2.75, 3.05) is 0 Å². The van der Waals surface area contributed by atoms with E-state index >= 15 is 0 Å². The number of hydrogen-bond donors (Lipinski definition) is 0. The van der Waals surface area contributed by atoms with Gasteiger partial charge < -0.3 is 10.8 Å². The second kappa shape index (κ2) is 17.6. The molecular formula is C20H18FeN6S2+. The van der Waals surface area contributed by atoms with Crippen LogP contribution in [-0.4, -0.2) is 30.2 Å². The van der Waals surface area contributed by atoms with E-state index in [-0.39, 0.29) is 17.1 Å². The van der Waals surface area contributed by atoms with Gasteiger partial charge in [-0.15, -0.1) is 0 Å². The summed E-state index contributed by atoms with van der Waals surface area (Å²) in [5.41, 5.74) is 3.15. The fourth-order valence-electron chi connectivity index (χ4n) is 2.33. The maximum Gasteiger partial charge on any atom is 3.00 e. The van der Waals surface area contributed by atoms with E-state index in [1.54, 1.807) is 0 Å². The Labute approximate surface area is 191 Å². The first kappa shape index (κ1) is 26.5. The van der Waals surface area contributed by atoms with Gasteiger partial charge in [0.15, 0.2) is 0 Å². The monoisotopic (exact) mass is 462 g/mol. The van der Waals surface area contributed by atoms with Crippen molar-refractivity contribution in [1.82, 2.24) is 19.9 Å². The molecule has 6 nitrogen and oxygen atoms in total. The van der Waals surface area contributed by atoms with Crippen molar-refractivity contribution >= 4 is 34.8 Å². The normalized spacial score (nSPS) is 8.72. The van der Waals surface area contributed by atoms with Gasteiger partial charge in [-0.25, -0.2) is 0 Å². The van der Waals surface area contributed by atoms with Gasteiger partial charge in [0, 0.05) is 38.2 Å². The van der Waals surface area contributed by atoms with Crippen molar-refractivity contribution in [2.24, 2.45) is 0 Å². The molecule has 3 heterocycles. The van der Waals surface area contributed by atoms with Crippen molar-refractivity contribution in [3.8, 4) is 0 Å². The number of thiocarbonyl (C=S) groups is 2. The van der Waals surface area contributed by atoms with Crippen LogP contribution in [0.15, 0.2) is 73.2 Å². The van der Waals surface area contributed by atoms with Crippen LogP contribution >= 0.6 is 24.4 Å². The van der Waals surface area contributed by atoms with Crippen LogP contribution < -0.4 is 0 Å². The fraction of sp³-hybridized carbons (Fsp3) is 0.150. The first-order valence-corrected chi connectivity index (χ1v) is 8.99. The Morgan fingerprint density at radius 2 is 0.931 bits per heavy atom. The molecule has 3 rings (SSSR count). The molecule has 0 saturated heterocycles. The van der Waals surface area contributed by atoms with Gasteiger partial charge in [0.2, 0.25) is 0 Å². The minimum absolute atomic E-state index is 0. The van der Waals surface area contributed by atoms with E-state index in [0.29, 0.717) is 0 Å². The Balaban J connectivity index is 0.00000100. The average molecular weight is 462 g/mol. The van der Waals surface area contributed by atoms with E-state index in [1.807, 2.05) is 73.2 Å². The number of hydrogen-bond acceptors (Lipinski definition) is 6. The molecule has 0 aromatic carbocycles. The van der Waals surface area contributed by atoms with E-state index in [1.165, 1.54) is 10.3 Å². The summed E-state index contributed by atoms with van der Waals surface area (Å²) in [6.07, 6.45) is 5.49. The maximum absolute atomic E-state index is 7.13. The van der Waals surface area contributed by atoms with Gasteiger partial charge in [-0.3, -0.25) is 19.9 Å². The van der Waals surface area contributed by atoms with Crippen LogP contribution in [0.4, 0.5) is 0 Å². The molecule has 0 fully saturated rings. The zero-order chi connectivity index (χ0) is 20.5. The second-order valence-electron chi connectivity index (χ2n) is 5.29. The molecule has 0 atom stereocenters. The minimum Gasteiger partial charge on any atom is -0.753 e. The molecule has 0 aliphatic carbocycles. The summed E-state index contributed by atoms with van der Waals surface area (Å²) in [5.74, 6) is 0. The molecule has 3 aromatic heterocycles. The largest absolute Gasteiger partial charge is 3.00 e. The van der Waals surface area contributed by atoms with E-state index in [9.17, 15) is 0 Å². The van der Waals surface area contributed by atoms with Crippen LogP contribution in [0.2, 0.25) is 0 Å². The third kappa shape index (κ3) is 12.6. The van der Waals surface area contributed by atoms with Crippen molar-refractivity contribution < 1.29 is 17.1 Å². The molecule has 9 heteroatoms. The third-order valence-electron chi connectivity index (χ3n) is 3.34. The van der Waals surface area contributed by atoms with E-state index < -0.39 is 0 Å². The number of pyridine rings is 3. The number of nitrogens with zero attached hydrogens (tertiary/aromatic N) is 6. The second-order valence-corrected chi connectivity index (χ2v) is 5.66. The summed E-state index contributed by atoms with van der Waals surface area (Å²) in [5, 5.41) is 16.9. The molecule has 0 bridgehead atoms. The predicted molar refractivity (Wildman–Crippen MR) is 118 cm³/mol. The maximum atomic E-state index is 7.13. The first-order chi connectivity index (χ1) is 13.7. The van der Waals surface area contributed by atoms with Crippen LogP contribution in [0.3, 0.4) is 0 Å². The molecule has 1 radical (unpaired) electrons. The molecule has 147 valence electrons. The Morgan fingerprint density at radius 3 is 1.14 bits per heavy atom. The molecular weight excluding hydrogens is 444 g/mol. The van der Waals surface area contributed by atoms with Crippen LogP contribution in [0.1, 0.15) is 17.1 Å². The zero-order valence-corrected chi connectivity index (χ0v) is 18.1. The van der Waals surface area contributed by atoms with E-state index in [2.05, 4.69) is 44.3 Å². The molecule has 0 N–H and O–H groups in total. The van der Waals surface area contributed by atoms with Gasteiger partial charge in [-0.05, 0) is 36.4 Å². The number of isothiocyanates is 2. The molecule has 3 aromatic rings. The predicted octanol–water partition coefficient (Wildman–Crippen LogP) is 4.39. The summed E-state index contributed by atoms with van der Waals surface area (Å²) in [6.45, 7) is 2.32. The summed E-state index contributed by atoms with van der Waals surface area (Å²) in [4.78, 5) is 15.6.